The van der Waals surface area contributed by atoms with Gasteiger partial charge in [0, 0.05) is 19.9 Å². The van der Waals surface area contributed by atoms with Gasteiger partial charge in [-0.05, 0) is 29.7 Å². The van der Waals surface area contributed by atoms with Crippen molar-refractivity contribution < 1.29 is 49.4 Å². The minimum absolute atomic E-state index is 0.0187. The third kappa shape index (κ3) is 7.49. The lowest BCUT2D eigenvalue weighted by Gasteiger charge is -2.46. The average Bonchev–Trinajstić information content (AvgIpc) is 2.87. The molecule has 1 heterocycles. The molecule has 2 aromatic carbocycles. The lowest BCUT2D eigenvalue weighted by atomic mass is 9.89. The van der Waals surface area contributed by atoms with Crippen LogP contribution in [0.4, 0.5) is 0 Å². The van der Waals surface area contributed by atoms with Crippen molar-refractivity contribution in [1.29, 1.82) is 0 Å². The molecule has 1 aliphatic rings. The lowest BCUT2D eigenvalue weighted by Crippen LogP contribution is -2.67. The van der Waals surface area contributed by atoms with Gasteiger partial charge in [-0.15, -0.1) is 0 Å². The molecule has 2 aromatic rings. The van der Waals surface area contributed by atoms with Crippen molar-refractivity contribution in [2.24, 2.45) is 0 Å². The number of aromatic hydroxyl groups is 1. The molecule has 6 atom stereocenters. The maximum Gasteiger partial charge on any atom is 0.364 e. The van der Waals surface area contributed by atoms with E-state index >= 15 is 0 Å². The van der Waals surface area contributed by atoms with E-state index in [1.165, 1.54) is 19.1 Å². The number of hydrogen-bond acceptors (Lipinski definition) is 9. The van der Waals surface area contributed by atoms with Gasteiger partial charge in [-0.1, -0.05) is 42.5 Å². The Morgan fingerprint density at radius 2 is 1.74 bits per heavy atom. The number of aliphatic hydroxyl groups excluding tert-OH is 2. The number of carboxylic acid groups (broad SMARTS) is 2. The Morgan fingerprint density at radius 3 is 2.32 bits per heavy atom. The second-order valence-electron chi connectivity index (χ2n) is 9.15. The molecule has 0 saturated carbocycles. The Kier molecular flexibility index (Phi) is 9.78. The molecule has 1 aliphatic heterocycles. The minimum atomic E-state index is -2.34. The molecule has 1 amide bonds. The van der Waals surface area contributed by atoms with Crippen molar-refractivity contribution in [3.63, 3.8) is 0 Å². The fourth-order valence-corrected chi connectivity index (χ4v) is 4.25. The van der Waals surface area contributed by atoms with Crippen molar-refractivity contribution in [2.45, 2.75) is 62.6 Å². The molecular weight excluding hydrogens is 500 g/mol. The summed E-state index contributed by atoms with van der Waals surface area (Å²) in [6, 6.07) is 12.3. The van der Waals surface area contributed by atoms with Gasteiger partial charge in [0.2, 0.25) is 5.91 Å². The number of rotatable bonds is 12. The van der Waals surface area contributed by atoms with Crippen LogP contribution in [-0.2, 0) is 36.9 Å². The third-order valence-electron chi connectivity index (χ3n) is 6.21. The summed E-state index contributed by atoms with van der Waals surface area (Å²) in [6.45, 7) is 0.647. The second kappa shape index (κ2) is 12.8. The number of phenols is 1. The molecular formula is C26H32N2O10. The third-order valence-corrected chi connectivity index (χ3v) is 6.21. The van der Waals surface area contributed by atoms with Gasteiger partial charge >= 0.3 is 11.9 Å². The molecule has 12 heteroatoms. The van der Waals surface area contributed by atoms with E-state index in [-0.39, 0.29) is 25.3 Å². The molecule has 12 nitrogen and oxygen atoms in total. The predicted octanol–water partition coefficient (Wildman–Crippen LogP) is -0.00940. The van der Waals surface area contributed by atoms with Gasteiger partial charge in [-0.2, -0.15) is 0 Å². The molecule has 7 N–H and O–H groups in total. The van der Waals surface area contributed by atoms with E-state index in [1.807, 2.05) is 0 Å². The quantitative estimate of drug-likeness (QED) is 0.194. The number of benzene rings is 2. The van der Waals surface area contributed by atoms with Gasteiger partial charge in [0.15, 0.2) is 0 Å². The molecule has 38 heavy (non-hydrogen) atoms. The van der Waals surface area contributed by atoms with Crippen LogP contribution in [0.2, 0.25) is 0 Å². The maximum atomic E-state index is 12.3. The molecule has 0 spiro atoms. The van der Waals surface area contributed by atoms with Crippen LogP contribution in [0.15, 0.2) is 54.6 Å². The summed E-state index contributed by atoms with van der Waals surface area (Å²) < 4.78 is 11.4. The minimum Gasteiger partial charge on any atom is -0.508 e. The van der Waals surface area contributed by atoms with Gasteiger partial charge in [0.05, 0.1) is 24.9 Å². The molecule has 1 fully saturated rings. The molecule has 206 valence electrons. The van der Waals surface area contributed by atoms with Crippen LogP contribution < -0.4 is 10.6 Å². The van der Waals surface area contributed by atoms with Crippen molar-refractivity contribution in [3.05, 3.63) is 65.7 Å². The number of amides is 1. The van der Waals surface area contributed by atoms with Crippen molar-refractivity contribution >= 4 is 17.8 Å². The number of nitrogens with one attached hydrogen (secondary N) is 2. The largest absolute Gasteiger partial charge is 0.508 e. The first-order chi connectivity index (χ1) is 18.0. The Balaban J connectivity index is 1.78. The topological polar surface area (TPSA) is 195 Å². The zero-order valence-corrected chi connectivity index (χ0v) is 20.7. The average molecular weight is 533 g/mol. The molecule has 0 aromatic heterocycles. The molecule has 1 saturated heterocycles. The number of carboxylic acids is 2. The first kappa shape index (κ1) is 29.0. The van der Waals surface area contributed by atoms with Crippen LogP contribution in [0.25, 0.3) is 0 Å². The second-order valence-corrected chi connectivity index (χ2v) is 9.15. The number of carbonyl (C=O) groups excluding carboxylic acids is 1. The Hall–Kier alpha value is -3.55. The summed E-state index contributed by atoms with van der Waals surface area (Å²) in [7, 11) is 0. The number of hydrogen-bond donors (Lipinski definition) is 7. The Labute approximate surface area is 218 Å². The molecule has 0 unspecified atom stereocenters. The number of aliphatic hydroxyl groups is 2. The van der Waals surface area contributed by atoms with Crippen molar-refractivity contribution in [1.82, 2.24) is 10.6 Å². The van der Waals surface area contributed by atoms with Crippen LogP contribution >= 0.6 is 0 Å². The first-order valence-electron chi connectivity index (χ1n) is 12.0. The summed E-state index contributed by atoms with van der Waals surface area (Å²) in [6.07, 6.45) is -5.00. The van der Waals surface area contributed by atoms with Gasteiger partial charge in [0.25, 0.3) is 5.79 Å². The van der Waals surface area contributed by atoms with E-state index in [0.717, 1.165) is 0 Å². The molecule has 0 bridgehead atoms. The van der Waals surface area contributed by atoms with Gasteiger partial charge < -0.3 is 45.6 Å². The van der Waals surface area contributed by atoms with Gasteiger partial charge in [-0.3, -0.25) is 9.59 Å². The fraction of sp³-hybridized carbons (Fsp3) is 0.423. The predicted molar refractivity (Wildman–Crippen MR) is 132 cm³/mol. The highest BCUT2D eigenvalue weighted by Gasteiger charge is 2.55. The molecule has 0 radical (unpaired) electrons. The molecule has 3 rings (SSSR count). The highest BCUT2D eigenvalue weighted by atomic mass is 16.7. The van der Waals surface area contributed by atoms with E-state index in [4.69, 9.17) is 9.47 Å². The van der Waals surface area contributed by atoms with Crippen molar-refractivity contribution in [3.8, 4) is 5.75 Å². The van der Waals surface area contributed by atoms with E-state index in [0.29, 0.717) is 11.1 Å². The highest BCUT2D eigenvalue weighted by molar-refractivity contribution is 5.76. The number of phenolic OH excluding ortho intramolecular Hbond substituents is 1. The summed E-state index contributed by atoms with van der Waals surface area (Å²) in [5, 5.41) is 56.0. The summed E-state index contributed by atoms with van der Waals surface area (Å²) >= 11 is 0. The van der Waals surface area contributed by atoms with Crippen molar-refractivity contribution in [2.75, 3.05) is 6.54 Å². The standard InChI is InChI=1S/C26H32N2O10/c1-15(29)28-22-20(31)12-26(25(35)36,37-14-17-5-3-2-4-6-17)38-23(22)21(32)13-27-19(24(33)34)11-16-7-9-18(30)10-8-16/h2-10,19-23,27,30-32H,11-14H2,1H3,(H,28,29)(H,33,34)(H,35,36)/t19-,20-,21+,22+,23-,26+/m0/s1. The van der Waals surface area contributed by atoms with Crippen LogP contribution in [0, 0.1) is 0 Å². The van der Waals surface area contributed by atoms with E-state index in [9.17, 15) is 39.9 Å². The van der Waals surface area contributed by atoms with Crippen LogP contribution in [-0.4, -0.2) is 86.1 Å². The van der Waals surface area contributed by atoms with E-state index < -0.39 is 60.4 Å². The number of ether oxygens (including phenoxy) is 2. The first-order valence-corrected chi connectivity index (χ1v) is 12.0. The van der Waals surface area contributed by atoms with Crippen LogP contribution in [0.5, 0.6) is 5.75 Å². The summed E-state index contributed by atoms with van der Waals surface area (Å²) in [5.41, 5.74) is 1.25. The van der Waals surface area contributed by atoms with E-state index in [1.54, 1.807) is 42.5 Å². The normalized spacial score (nSPS) is 24.8. The highest BCUT2D eigenvalue weighted by Crippen LogP contribution is 2.33. The Morgan fingerprint density at radius 1 is 1.08 bits per heavy atom. The number of aliphatic carboxylic acids is 2. The van der Waals surface area contributed by atoms with Crippen LogP contribution in [0.1, 0.15) is 24.5 Å². The summed E-state index contributed by atoms with van der Waals surface area (Å²) in [4.78, 5) is 35.9. The monoisotopic (exact) mass is 532 g/mol. The molecule has 0 aliphatic carbocycles. The maximum absolute atomic E-state index is 12.3. The number of carbonyl (C=O) groups is 3. The van der Waals surface area contributed by atoms with Gasteiger partial charge in [0.1, 0.15) is 17.9 Å². The fourth-order valence-electron chi connectivity index (χ4n) is 4.25. The van der Waals surface area contributed by atoms with Crippen LogP contribution in [0.3, 0.4) is 0 Å². The summed E-state index contributed by atoms with van der Waals surface area (Å²) in [5.74, 6) is -5.60. The Bertz CT molecular complexity index is 1100. The zero-order valence-electron chi connectivity index (χ0n) is 20.7. The zero-order chi connectivity index (χ0) is 27.9. The van der Waals surface area contributed by atoms with Gasteiger partial charge in [-0.25, -0.2) is 4.79 Å². The SMILES string of the molecule is CC(=O)N[C@H]1[C@H]([C@H](O)CN[C@@H](Cc2ccc(O)cc2)C(=O)O)O[C@@](OCc2ccccc2)(C(=O)O)C[C@@H]1O. The van der Waals surface area contributed by atoms with E-state index in [2.05, 4.69) is 10.6 Å². The lowest BCUT2D eigenvalue weighted by molar-refractivity contribution is -0.309. The smallest absolute Gasteiger partial charge is 0.364 e.